The van der Waals surface area contributed by atoms with Crippen LogP contribution < -0.4 is 5.32 Å². The molecule has 2 fully saturated rings. The first-order valence-electron chi connectivity index (χ1n) is 6.92. The van der Waals surface area contributed by atoms with E-state index in [2.05, 4.69) is 33.0 Å². The van der Waals surface area contributed by atoms with E-state index in [0.717, 1.165) is 30.8 Å². The molecule has 1 aliphatic carbocycles. The van der Waals surface area contributed by atoms with Crippen molar-refractivity contribution >= 4 is 0 Å². The van der Waals surface area contributed by atoms with Crippen LogP contribution >= 0.6 is 0 Å². The van der Waals surface area contributed by atoms with E-state index < -0.39 is 0 Å². The minimum atomic E-state index is 0.128. The maximum absolute atomic E-state index is 6.40. The van der Waals surface area contributed by atoms with Crippen molar-refractivity contribution in [3.8, 4) is 0 Å². The quantitative estimate of drug-likeness (QED) is 0.741. The van der Waals surface area contributed by atoms with E-state index in [-0.39, 0.29) is 5.60 Å². The summed E-state index contributed by atoms with van der Waals surface area (Å²) in [7, 11) is 0. The first kappa shape index (κ1) is 12.4. The first-order valence-corrected chi connectivity index (χ1v) is 6.92. The Labute approximate surface area is 100 Å². The molecule has 2 heteroatoms. The Balaban J connectivity index is 2.17. The van der Waals surface area contributed by atoms with Crippen molar-refractivity contribution in [1.29, 1.82) is 0 Å². The predicted molar refractivity (Wildman–Crippen MR) is 67.5 cm³/mol. The second-order valence-corrected chi connectivity index (χ2v) is 6.36. The Bertz CT molecular complexity index is 233. The van der Waals surface area contributed by atoms with Gasteiger partial charge in [-0.15, -0.1) is 0 Å². The van der Waals surface area contributed by atoms with Gasteiger partial charge in [0.1, 0.15) is 0 Å². The molecular weight excluding hydrogens is 198 g/mol. The van der Waals surface area contributed by atoms with Gasteiger partial charge in [-0.05, 0) is 37.5 Å². The molecule has 4 atom stereocenters. The summed E-state index contributed by atoms with van der Waals surface area (Å²) in [5.74, 6) is 2.29. The average Bonchev–Trinajstić information content (AvgIpc) is 2.16. The molecular formula is C14H27NO. The molecule has 4 unspecified atom stereocenters. The highest BCUT2D eigenvalue weighted by Gasteiger charge is 2.47. The standard InChI is InChI=1S/C14H27NO/c1-10(2)13-6-5-11(3)7-14(13)9-15-8-12(4)16-14/h10-13,15H,5-9H2,1-4H3. The molecule has 2 rings (SSSR count). The minimum absolute atomic E-state index is 0.128. The van der Waals surface area contributed by atoms with E-state index in [9.17, 15) is 0 Å². The summed E-state index contributed by atoms with van der Waals surface area (Å²) in [5, 5.41) is 3.58. The van der Waals surface area contributed by atoms with Gasteiger partial charge >= 0.3 is 0 Å². The fourth-order valence-corrected chi connectivity index (χ4v) is 3.82. The largest absolute Gasteiger partial charge is 0.369 e. The number of rotatable bonds is 1. The fraction of sp³-hybridized carbons (Fsp3) is 1.00. The molecule has 0 aromatic rings. The predicted octanol–water partition coefficient (Wildman–Crippen LogP) is 2.83. The van der Waals surface area contributed by atoms with Crippen LogP contribution in [0.1, 0.15) is 47.0 Å². The molecule has 0 aromatic heterocycles. The molecule has 1 aliphatic heterocycles. The zero-order chi connectivity index (χ0) is 11.8. The molecule has 16 heavy (non-hydrogen) atoms. The molecule has 1 N–H and O–H groups in total. The molecule has 2 nitrogen and oxygen atoms in total. The van der Waals surface area contributed by atoms with Crippen LogP contribution in [-0.4, -0.2) is 24.8 Å². The van der Waals surface area contributed by atoms with Crippen LogP contribution in [-0.2, 0) is 4.74 Å². The van der Waals surface area contributed by atoms with E-state index in [1.54, 1.807) is 0 Å². The molecule has 1 saturated heterocycles. The lowest BCUT2D eigenvalue weighted by Crippen LogP contribution is -2.60. The van der Waals surface area contributed by atoms with Crippen molar-refractivity contribution < 1.29 is 4.74 Å². The van der Waals surface area contributed by atoms with Crippen LogP contribution in [0, 0.1) is 17.8 Å². The third-order valence-electron chi connectivity index (χ3n) is 4.44. The van der Waals surface area contributed by atoms with Crippen LogP contribution in [0.5, 0.6) is 0 Å². The second-order valence-electron chi connectivity index (χ2n) is 6.36. The summed E-state index contributed by atoms with van der Waals surface area (Å²) in [6.45, 7) is 11.4. The van der Waals surface area contributed by atoms with Gasteiger partial charge in [0.25, 0.3) is 0 Å². The Morgan fingerprint density at radius 3 is 2.62 bits per heavy atom. The van der Waals surface area contributed by atoms with Gasteiger partial charge in [0.2, 0.25) is 0 Å². The number of ether oxygens (including phenoxy) is 1. The van der Waals surface area contributed by atoms with E-state index in [0.29, 0.717) is 6.10 Å². The van der Waals surface area contributed by atoms with Gasteiger partial charge in [-0.1, -0.05) is 27.2 Å². The molecule has 0 radical (unpaired) electrons. The number of hydrogen-bond acceptors (Lipinski definition) is 2. The molecule has 2 aliphatic rings. The monoisotopic (exact) mass is 225 g/mol. The van der Waals surface area contributed by atoms with Crippen molar-refractivity contribution in [3.05, 3.63) is 0 Å². The summed E-state index contributed by atoms with van der Waals surface area (Å²) in [6, 6.07) is 0. The minimum Gasteiger partial charge on any atom is -0.369 e. The number of nitrogens with one attached hydrogen (secondary N) is 1. The topological polar surface area (TPSA) is 21.3 Å². The van der Waals surface area contributed by atoms with Gasteiger partial charge in [0, 0.05) is 13.1 Å². The van der Waals surface area contributed by atoms with Crippen LogP contribution in [0.3, 0.4) is 0 Å². The van der Waals surface area contributed by atoms with Crippen molar-refractivity contribution in [3.63, 3.8) is 0 Å². The molecule has 0 bridgehead atoms. The third-order valence-corrected chi connectivity index (χ3v) is 4.44. The lowest BCUT2D eigenvalue weighted by Gasteiger charge is -2.51. The lowest BCUT2D eigenvalue weighted by molar-refractivity contribution is -0.174. The summed E-state index contributed by atoms with van der Waals surface area (Å²) in [4.78, 5) is 0. The molecule has 0 amide bonds. The maximum atomic E-state index is 6.40. The average molecular weight is 225 g/mol. The molecule has 1 heterocycles. The van der Waals surface area contributed by atoms with Gasteiger partial charge in [-0.25, -0.2) is 0 Å². The first-order chi connectivity index (χ1) is 7.53. The van der Waals surface area contributed by atoms with E-state index >= 15 is 0 Å². The zero-order valence-corrected chi connectivity index (χ0v) is 11.3. The van der Waals surface area contributed by atoms with Crippen LogP contribution in [0.2, 0.25) is 0 Å². The van der Waals surface area contributed by atoms with Crippen LogP contribution in [0.4, 0.5) is 0 Å². The zero-order valence-electron chi connectivity index (χ0n) is 11.3. The molecule has 0 aromatic carbocycles. The lowest BCUT2D eigenvalue weighted by atomic mass is 9.66. The third kappa shape index (κ3) is 2.28. The number of morpholine rings is 1. The fourth-order valence-electron chi connectivity index (χ4n) is 3.82. The smallest absolute Gasteiger partial charge is 0.0843 e. The highest BCUT2D eigenvalue weighted by molar-refractivity contribution is 4.99. The molecule has 94 valence electrons. The van der Waals surface area contributed by atoms with Crippen LogP contribution in [0.15, 0.2) is 0 Å². The van der Waals surface area contributed by atoms with Gasteiger partial charge in [-0.2, -0.15) is 0 Å². The highest BCUT2D eigenvalue weighted by atomic mass is 16.5. The maximum Gasteiger partial charge on any atom is 0.0843 e. The summed E-state index contributed by atoms with van der Waals surface area (Å²) >= 11 is 0. The van der Waals surface area contributed by atoms with Crippen molar-refractivity contribution in [2.45, 2.75) is 58.7 Å². The van der Waals surface area contributed by atoms with Gasteiger partial charge < -0.3 is 10.1 Å². The Hall–Kier alpha value is -0.0800. The second kappa shape index (κ2) is 4.66. The van der Waals surface area contributed by atoms with Crippen molar-refractivity contribution in [1.82, 2.24) is 5.32 Å². The van der Waals surface area contributed by atoms with Crippen molar-refractivity contribution in [2.24, 2.45) is 17.8 Å². The van der Waals surface area contributed by atoms with Gasteiger partial charge in [0.05, 0.1) is 11.7 Å². The van der Waals surface area contributed by atoms with Gasteiger partial charge in [-0.3, -0.25) is 0 Å². The Morgan fingerprint density at radius 2 is 2.00 bits per heavy atom. The van der Waals surface area contributed by atoms with E-state index in [1.807, 2.05) is 0 Å². The Kier molecular flexibility index (Phi) is 3.60. The van der Waals surface area contributed by atoms with Crippen molar-refractivity contribution in [2.75, 3.05) is 13.1 Å². The highest BCUT2D eigenvalue weighted by Crippen LogP contribution is 2.44. The summed E-state index contributed by atoms with van der Waals surface area (Å²) in [5.41, 5.74) is 0.128. The van der Waals surface area contributed by atoms with Crippen LogP contribution in [0.25, 0.3) is 0 Å². The summed E-state index contributed by atoms with van der Waals surface area (Å²) in [6.07, 6.45) is 4.34. The summed E-state index contributed by atoms with van der Waals surface area (Å²) < 4.78 is 6.40. The SMILES string of the molecule is CC1CCC(C(C)C)C2(CNCC(C)O2)C1. The number of hydrogen-bond donors (Lipinski definition) is 1. The van der Waals surface area contributed by atoms with Gasteiger partial charge in [0.15, 0.2) is 0 Å². The Morgan fingerprint density at radius 1 is 1.25 bits per heavy atom. The normalized spacial score (nSPS) is 45.2. The molecule has 1 spiro atoms. The van der Waals surface area contributed by atoms with E-state index in [1.165, 1.54) is 19.3 Å². The van der Waals surface area contributed by atoms with E-state index in [4.69, 9.17) is 4.74 Å². The molecule has 1 saturated carbocycles.